The van der Waals surface area contributed by atoms with E-state index in [-0.39, 0.29) is 6.61 Å². The van der Waals surface area contributed by atoms with Crippen LogP contribution in [0.3, 0.4) is 0 Å². The number of imidazole rings is 2. The summed E-state index contributed by atoms with van der Waals surface area (Å²) in [6.07, 6.45) is 15.2. The third kappa shape index (κ3) is 11.5. The van der Waals surface area contributed by atoms with Crippen molar-refractivity contribution >= 4 is 5.97 Å². The predicted octanol–water partition coefficient (Wildman–Crippen LogP) is 0.728. The second-order valence-electron chi connectivity index (χ2n) is 6.92. The third-order valence-electron chi connectivity index (χ3n) is 4.28. The number of esters is 1. The zero-order chi connectivity index (χ0) is 23.1. The SMILES string of the molecule is C=CC(=O)OCCOCCn1cc[n+](C)c1C.C[n+]1ccccc1.Cn1cc[n+](C)c1. The zero-order valence-corrected chi connectivity index (χ0v) is 19.3. The van der Waals surface area contributed by atoms with E-state index >= 15 is 0 Å². The lowest BCUT2D eigenvalue weighted by atomic mass is 10.5. The first-order valence-corrected chi connectivity index (χ1v) is 10.1. The summed E-state index contributed by atoms with van der Waals surface area (Å²) in [6, 6.07) is 6.00. The molecule has 0 saturated heterocycles. The minimum absolute atomic E-state index is 0.267. The molecule has 8 nitrogen and oxygen atoms in total. The Hall–Kier alpha value is -3.26. The highest BCUT2D eigenvalue weighted by molar-refractivity contribution is 5.81. The lowest BCUT2D eigenvalue weighted by Gasteiger charge is -2.03. The highest BCUT2D eigenvalue weighted by atomic mass is 16.6. The molecule has 0 radical (unpaired) electrons. The monoisotopic (exact) mass is 430 g/mol. The Kier molecular flexibility index (Phi) is 12.2. The molecule has 0 aliphatic rings. The molecule has 3 aromatic rings. The number of aryl methyl sites for hydroxylation is 4. The van der Waals surface area contributed by atoms with Gasteiger partial charge in [-0.1, -0.05) is 12.6 Å². The van der Waals surface area contributed by atoms with E-state index in [0.717, 1.165) is 12.6 Å². The topological polar surface area (TPSA) is 57.0 Å². The van der Waals surface area contributed by atoms with Gasteiger partial charge in [0.25, 0.3) is 5.82 Å². The molecule has 0 bridgehead atoms. The molecule has 0 spiro atoms. The Morgan fingerprint density at radius 2 is 1.71 bits per heavy atom. The van der Waals surface area contributed by atoms with Crippen molar-refractivity contribution in [2.24, 2.45) is 28.2 Å². The number of ether oxygens (including phenoxy) is 2. The summed E-state index contributed by atoms with van der Waals surface area (Å²) in [5.74, 6) is 0.758. The van der Waals surface area contributed by atoms with E-state index in [2.05, 4.69) is 11.1 Å². The molecule has 8 heteroatoms. The fourth-order valence-electron chi connectivity index (χ4n) is 2.42. The molecule has 31 heavy (non-hydrogen) atoms. The second kappa shape index (κ2) is 14.7. The summed E-state index contributed by atoms with van der Waals surface area (Å²) in [6.45, 7) is 7.42. The van der Waals surface area contributed by atoms with E-state index in [0.29, 0.717) is 13.2 Å². The molecule has 3 rings (SSSR count). The van der Waals surface area contributed by atoms with Gasteiger partial charge in [0.1, 0.15) is 45.0 Å². The molecule has 3 aromatic heterocycles. The van der Waals surface area contributed by atoms with Crippen molar-refractivity contribution in [3.8, 4) is 0 Å². The lowest BCUT2D eigenvalue weighted by molar-refractivity contribution is -0.677. The van der Waals surface area contributed by atoms with Crippen LogP contribution in [0.5, 0.6) is 0 Å². The average Bonchev–Trinajstić information content (AvgIpc) is 3.30. The van der Waals surface area contributed by atoms with Crippen molar-refractivity contribution in [1.82, 2.24) is 9.13 Å². The number of nitrogens with zero attached hydrogens (tertiary/aromatic N) is 5. The van der Waals surface area contributed by atoms with Crippen LogP contribution in [0.1, 0.15) is 5.82 Å². The van der Waals surface area contributed by atoms with Crippen molar-refractivity contribution in [1.29, 1.82) is 0 Å². The van der Waals surface area contributed by atoms with Crippen LogP contribution in [0.4, 0.5) is 0 Å². The van der Waals surface area contributed by atoms with Gasteiger partial charge in [-0.05, 0) is 0 Å². The van der Waals surface area contributed by atoms with Gasteiger partial charge in [0.15, 0.2) is 12.4 Å². The number of carbonyl (C=O) groups is 1. The summed E-state index contributed by atoms with van der Waals surface area (Å²) in [7, 11) is 8.00. The van der Waals surface area contributed by atoms with E-state index in [1.54, 1.807) is 0 Å². The maximum atomic E-state index is 10.7. The van der Waals surface area contributed by atoms with Gasteiger partial charge in [-0.3, -0.25) is 0 Å². The summed E-state index contributed by atoms with van der Waals surface area (Å²) in [5, 5.41) is 0. The Labute approximate surface area is 185 Å². The van der Waals surface area contributed by atoms with Gasteiger partial charge in [-0.15, -0.1) is 0 Å². The van der Waals surface area contributed by atoms with E-state index < -0.39 is 5.97 Å². The van der Waals surface area contributed by atoms with Gasteiger partial charge in [0.2, 0.25) is 6.33 Å². The Balaban J connectivity index is 0.000000279. The molecular formula is C23H36N5O3+3. The van der Waals surface area contributed by atoms with Gasteiger partial charge >= 0.3 is 5.97 Å². The Bertz CT molecular complexity index is 887. The first kappa shape index (κ1) is 25.8. The molecule has 0 aliphatic heterocycles. The van der Waals surface area contributed by atoms with E-state index in [4.69, 9.17) is 9.47 Å². The normalized spacial score (nSPS) is 9.71. The fraction of sp³-hybridized carbons (Fsp3) is 0.391. The number of pyridine rings is 1. The van der Waals surface area contributed by atoms with E-state index in [1.807, 2.05) is 115 Å². The Morgan fingerprint density at radius 3 is 2.13 bits per heavy atom. The maximum Gasteiger partial charge on any atom is 0.330 e. The van der Waals surface area contributed by atoms with Crippen LogP contribution >= 0.6 is 0 Å². The molecule has 0 fully saturated rings. The van der Waals surface area contributed by atoms with Crippen LogP contribution in [0.2, 0.25) is 0 Å². The van der Waals surface area contributed by atoms with Crippen LogP contribution in [-0.4, -0.2) is 34.9 Å². The van der Waals surface area contributed by atoms with Gasteiger partial charge in [-0.2, -0.15) is 0 Å². The number of rotatable bonds is 7. The maximum absolute atomic E-state index is 10.7. The summed E-state index contributed by atoms with van der Waals surface area (Å²) in [5.41, 5.74) is 0. The second-order valence-corrected chi connectivity index (χ2v) is 6.92. The molecule has 0 unspecified atom stereocenters. The summed E-state index contributed by atoms with van der Waals surface area (Å²) < 4.78 is 20.3. The predicted molar refractivity (Wildman–Crippen MR) is 117 cm³/mol. The summed E-state index contributed by atoms with van der Waals surface area (Å²) in [4.78, 5) is 10.7. The number of carbonyl (C=O) groups excluding carboxylic acids is 1. The molecule has 0 aliphatic carbocycles. The third-order valence-corrected chi connectivity index (χ3v) is 4.28. The van der Waals surface area contributed by atoms with Crippen LogP contribution in [-0.2, 0) is 49.0 Å². The van der Waals surface area contributed by atoms with Crippen molar-refractivity contribution < 1.29 is 28.0 Å². The van der Waals surface area contributed by atoms with Crippen LogP contribution in [0, 0.1) is 6.92 Å². The molecule has 0 N–H and O–H groups in total. The van der Waals surface area contributed by atoms with E-state index in [9.17, 15) is 4.79 Å². The van der Waals surface area contributed by atoms with Crippen molar-refractivity contribution in [2.75, 3.05) is 19.8 Å². The molecular weight excluding hydrogens is 394 g/mol. The fourth-order valence-corrected chi connectivity index (χ4v) is 2.42. The highest BCUT2D eigenvalue weighted by Crippen LogP contribution is 1.93. The van der Waals surface area contributed by atoms with Gasteiger partial charge in [-0.25, -0.2) is 27.6 Å². The molecule has 168 valence electrons. The summed E-state index contributed by atoms with van der Waals surface area (Å²) >= 11 is 0. The number of hydrogen-bond donors (Lipinski definition) is 0. The smallest absolute Gasteiger partial charge is 0.330 e. The van der Waals surface area contributed by atoms with Crippen LogP contribution in [0.25, 0.3) is 0 Å². The van der Waals surface area contributed by atoms with Crippen molar-refractivity contribution in [3.63, 3.8) is 0 Å². The van der Waals surface area contributed by atoms with Gasteiger partial charge in [0.05, 0.1) is 34.4 Å². The molecule has 0 saturated carbocycles. The van der Waals surface area contributed by atoms with Crippen molar-refractivity contribution in [2.45, 2.75) is 13.5 Å². The highest BCUT2D eigenvalue weighted by Gasteiger charge is 2.07. The van der Waals surface area contributed by atoms with Gasteiger partial charge < -0.3 is 9.47 Å². The van der Waals surface area contributed by atoms with Crippen LogP contribution < -0.4 is 13.7 Å². The molecule has 0 aromatic carbocycles. The van der Waals surface area contributed by atoms with E-state index in [1.165, 1.54) is 5.82 Å². The first-order chi connectivity index (χ1) is 14.8. The number of hydrogen-bond acceptors (Lipinski definition) is 3. The number of aromatic nitrogens is 5. The lowest BCUT2D eigenvalue weighted by Crippen LogP contribution is -2.30. The minimum Gasteiger partial charge on any atom is -0.460 e. The molecule has 0 amide bonds. The molecule has 3 heterocycles. The zero-order valence-electron chi connectivity index (χ0n) is 19.3. The van der Waals surface area contributed by atoms with Crippen molar-refractivity contribution in [3.05, 3.63) is 80.2 Å². The average molecular weight is 431 g/mol. The first-order valence-electron chi connectivity index (χ1n) is 10.1. The quantitative estimate of drug-likeness (QED) is 0.240. The standard InChI is InChI=1S/C12H19N2O3.C6H8N.C5H9N2/c1-4-12(15)17-10-9-16-8-7-14-6-5-13(3)11(14)2;1-7-5-3-2-4-6-7;1-6-3-4-7(2)5-6/h4-6H,1,7-10H2,2-3H3;2-6H,1H3;3-5H,1-2H3/q3*+1. The van der Waals surface area contributed by atoms with Gasteiger partial charge in [0, 0.05) is 25.1 Å². The molecule has 0 atom stereocenters. The van der Waals surface area contributed by atoms with Crippen LogP contribution in [0.15, 0.2) is 74.4 Å². The Morgan fingerprint density at radius 1 is 1.00 bits per heavy atom. The largest absolute Gasteiger partial charge is 0.460 e. The minimum atomic E-state index is -0.415.